The van der Waals surface area contributed by atoms with E-state index in [9.17, 15) is 44.4 Å². The first-order valence-corrected chi connectivity index (χ1v) is 18.9. The SMILES string of the molecule is CC(=O)O[C@@]12COC1C[C@H](O)[C@@]1(C)C(=O)[C@H](O)C3=C(C)[C@@H](OC(=O)[C@H](O)[C@@H](NC(=O)OC(C)(C)C)C(C)(C)C)C[C@@](O)([C@@H](OC(=O)c4ccccc4)[C@@H]12)C3(C)C. The molecule has 1 aromatic carbocycles. The second-order valence-electron chi connectivity index (χ2n) is 18.5. The molecule has 1 saturated heterocycles. The molecule has 1 unspecified atom stereocenters. The molecule has 1 heterocycles. The molecule has 11 atom stereocenters. The number of fused-ring (bicyclic) bond motifs is 5. The molecule has 0 spiro atoms. The number of amides is 1. The number of aliphatic hydroxyl groups excluding tert-OH is 3. The lowest BCUT2D eigenvalue weighted by molar-refractivity contribution is -0.346. The Morgan fingerprint density at radius 3 is 2.11 bits per heavy atom. The monoisotopic (exact) mass is 787 g/mol. The second kappa shape index (κ2) is 14.5. The quantitative estimate of drug-likeness (QED) is 0.152. The number of ether oxygens (including phenoxy) is 5. The van der Waals surface area contributed by atoms with Gasteiger partial charge in [0.25, 0.3) is 0 Å². The summed E-state index contributed by atoms with van der Waals surface area (Å²) in [6.45, 7) is 16.9. The van der Waals surface area contributed by atoms with Gasteiger partial charge in [0.15, 0.2) is 17.5 Å². The minimum atomic E-state index is -2.33. The first-order valence-electron chi connectivity index (χ1n) is 18.9. The van der Waals surface area contributed by atoms with Crippen LogP contribution in [0.15, 0.2) is 41.5 Å². The van der Waals surface area contributed by atoms with Crippen LogP contribution in [0.25, 0.3) is 0 Å². The van der Waals surface area contributed by atoms with Crippen molar-refractivity contribution < 1.29 is 68.1 Å². The molecular formula is C41H57NO14. The molecule has 5 rings (SSSR count). The molecular weight excluding hydrogens is 730 g/mol. The minimum absolute atomic E-state index is 0.0519. The zero-order chi connectivity index (χ0) is 42.1. The summed E-state index contributed by atoms with van der Waals surface area (Å²) in [5.41, 5.74) is -9.27. The summed E-state index contributed by atoms with van der Waals surface area (Å²) < 4.78 is 29.4. The lowest BCUT2D eigenvalue weighted by Gasteiger charge is -2.67. The molecule has 3 fully saturated rings. The number of aliphatic hydroxyl groups is 4. The van der Waals surface area contributed by atoms with Gasteiger partial charge in [-0.15, -0.1) is 0 Å². The summed E-state index contributed by atoms with van der Waals surface area (Å²) in [6, 6.07) is 6.63. The Balaban J connectivity index is 1.67. The van der Waals surface area contributed by atoms with Crippen LogP contribution in [-0.4, -0.2) is 116 Å². The molecule has 0 aromatic heterocycles. The Kier molecular flexibility index (Phi) is 11.2. The highest BCUT2D eigenvalue weighted by Gasteiger charge is 2.78. The van der Waals surface area contributed by atoms with Crippen molar-refractivity contribution in [2.45, 2.75) is 148 Å². The highest BCUT2D eigenvalue weighted by molar-refractivity contribution is 5.94. The standard InChI is InChI=1S/C41H57NO14/c1-20-23(53-34(49)28(46)30(36(3,4)5)42-35(50)56-37(6,7)8)18-41(51)32(54-33(48)22-15-13-12-14-16-22)29-39(11,31(47)27(45)26(20)38(41,9)10)24(44)17-25-40(29,19-52-25)55-21(2)43/h12-16,23-25,27-30,32,44-46,51H,17-19H2,1-11H3,(H,42,50)/t23-,24-,25?,27+,28+,29-,30+,32-,39+,40-,41+/m0/s1. The summed E-state index contributed by atoms with van der Waals surface area (Å²) in [5, 5.41) is 51.3. The summed E-state index contributed by atoms with van der Waals surface area (Å²) in [7, 11) is 0. The topological polar surface area (TPSA) is 224 Å². The molecule has 0 radical (unpaired) electrons. The van der Waals surface area contributed by atoms with Gasteiger partial charge in [-0.3, -0.25) is 9.59 Å². The van der Waals surface area contributed by atoms with E-state index in [0.717, 1.165) is 6.92 Å². The van der Waals surface area contributed by atoms with Crippen LogP contribution in [0, 0.1) is 22.2 Å². The zero-order valence-corrected chi connectivity index (χ0v) is 34.0. The molecule has 5 N–H and O–H groups in total. The van der Waals surface area contributed by atoms with E-state index in [1.165, 1.54) is 26.0 Å². The lowest BCUT2D eigenvalue weighted by atomic mass is 9.44. The summed E-state index contributed by atoms with van der Waals surface area (Å²) in [5.74, 6) is -5.29. The minimum Gasteiger partial charge on any atom is -0.456 e. The number of hydrogen-bond acceptors (Lipinski definition) is 14. The van der Waals surface area contributed by atoms with E-state index < -0.39 is 118 Å². The molecule has 1 amide bonds. The Bertz CT molecular complexity index is 1780. The maximum Gasteiger partial charge on any atom is 0.407 e. The van der Waals surface area contributed by atoms with E-state index >= 15 is 0 Å². The van der Waals surface area contributed by atoms with Crippen LogP contribution in [-0.2, 0) is 38.1 Å². The van der Waals surface area contributed by atoms with E-state index in [1.807, 2.05) is 0 Å². The number of Topliss-reactive ketones (excluding diaryl/α,β-unsaturated/α-hetero) is 1. The third-order valence-electron chi connectivity index (χ3n) is 12.3. The molecule has 4 aliphatic rings. The smallest absolute Gasteiger partial charge is 0.407 e. The van der Waals surface area contributed by atoms with Crippen LogP contribution in [0.4, 0.5) is 4.79 Å². The molecule has 56 heavy (non-hydrogen) atoms. The normalized spacial score (nSPS) is 34.9. The Labute approximate surface area is 327 Å². The predicted octanol–water partition coefficient (Wildman–Crippen LogP) is 2.93. The van der Waals surface area contributed by atoms with E-state index in [4.69, 9.17) is 23.7 Å². The van der Waals surface area contributed by atoms with E-state index in [0.29, 0.717) is 0 Å². The number of nitrogens with one attached hydrogen (secondary N) is 1. The van der Waals surface area contributed by atoms with Crippen LogP contribution in [0.2, 0.25) is 0 Å². The van der Waals surface area contributed by atoms with Gasteiger partial charge in [-0.1, -0.05) is 52.8 Å². The van der Waals surface area contributed by atoms with Crippen molar-refractivity contribution in [1.82, 2.24) is 5.32 Å². The van der Waals surface area contributed by atoms with Crippen molar-refractivity contribution in [1.29, 1.82) is 0 Å². The van der Waals surface area contributed by atoms with Gasteiger partial charge in [0.05, 0.1) is 35.6 Å². The van der Waals surface area contributed by atoms with Crippen molar-refractivity contribution in [2.24, 2.45) is 22.2 Å². The van der Waals surface area contributed by atoms with Gasteiger partial charge in [0.2, 0.25) is 0 Å². The van der Waals surface area contributed by atoms with Crippen LogP contribution < -0.4 is 5.32 Å². The first-order chi connectivity index (χ1) is 25.6. The Morgan fingerprint density at radius 2 is 1.59 bits per heavy atom. The maximum absolute atomic E-state index is 14.9. The molecule has 3 aliphatic carbocycles. The fraction of sp³-hybridized carbons (Fsp3) is 0.683. The molecule has 2 bridgehead atoms. The van der Waals surface area contributed by atoms with Gasteiger partial charge >= 0.3 is 24.0 Å². The highest BCUT2D eigenvalue weighted by Crippen LogP contribution is 2.64. The van der Waals surface area contributed by atoms with Crippen molar-refractivity contribution in [3.8, 4) is 0 Å². The average molecular weight is 788 g/mol. The van der Waals surface area contributed by atoms with Crippen molar-refractivity contribution in [2.75, 3.05) is 6.61 Å². The van der Waals surface area contributed by atoms with Crippen molar-refractivity contribution in [3.05, 3.63) is 47.0 Å². The molecule has 1 aromatic rings. The average Bonchev–Trinajstić information content (AvgIpc) is 3.07. The maximum atomic E-state index is 14.9. The van der Waals surface area contributed by atoms with Gasteiger partial charge in [-0.05, 0) is 63.3 Å². The van der Waals surface area contributed by atoms with E-state index in [1.54, 1.807) is 73.6 Å². The lowest BCUT2D eigenvalue weighted by Crippen LogP contribution is -2.81. The molecule has 310 valence electrons. The molecule has 15 nitrogen and oxygen atoms in total. The van der Waals surface area contributed by atoms with Crippen LogP contribution in [0.5, 0.6) is 0 Å². The predicted molar refractivity (Wildman–Crippen MR) is 198 cm³/mol. The molecule has 2 saturated carbocycles. The molecule has 1 aliphatic heterocycles. The van der Waals surface area contributed by atoms with Gasteiger partial charge < -0.3 is 49.4 Å². The number of carbonyl (C=O) groups excluding carboxylic acids is 5. The van der Waals surface area contributed by atoms with Crippen LogP contribution >= 0.6 is 0 Å². The summed E-state index contributed by atoms with van der Waals surface area (Å²) in [4.78, 5) is 68.5. The van der Waals surface area contributed by atoms with Crippen molar-refractivity contribution in [3.63, 3.8) is 0 Å². The number of ketones is 1. The second-order valence-corrected chi connectivity index (χ2v) is 18.5. The fourth-order valence-electron chi connectivity index (χ4n) is 9.32. The van der Waals surface area contributed by atoms with Crippen LogP contribution in [0.3, 0.4) is 0 Å². The van der Waals surface area contributed by atoms with Gasteiger partial charge in [0, 0.05) is 25.2 Å². The highest BCUT2D eigenvalue weighted by atomic mass is 16.6. The summed E-state index contributed by atoms with van der Waals surface area (Å²) in [6.07, 6.45) is -11.3. The number of hydrogen-bond donors (Lipinski definition) is 5. The number of rotatable bonds is 7. The number of alkyl carbamates (subject to hydrolysis) is 1. The first kappa shape index (κ1) is 43.2. The fourth-order valence-corrected chi connectivity index (χ4v) is 9.32. The van der Waals surface area contributed by atoms with E-state index in [2.05, 4.69) is 5.32 Å². The van der Waals surface area contributed by atoms with Gasteiger partial charge in [-0.25, -0.2) is 14.4 Å². The van der Waals surface area contributed by atoms with Crippen LogP contribution in [0.1, 0.15) is 99.4 Å². The number of esters is 3. The zero-order valence-electron chi connectivity index (χ0n) is 34.0. The summed E-state index contributed by atoms with van der Waals surface area (Å²) >= 11 is 0. The van der Waals surface area contributed by atoms with Gasteiger partial charge in [0.1, 0.15) is 35.6 Å². The Morgan fingerprint density at radius 1 is 0.982 bits per heavy atom. The van der Waals surface area contributed by atoms with E-state index in [-0.39, 0.29) is 29.7 Å². The largest absolute Gasteiger partial charge is 0.456 e. The van der Waals surface area contributed by atoms with Gasteiger partial charge in [-0.2, -0.15) is 0 Å². The molecule has 15 heteroatoms. The third kappa shape index (κ3) is 7.14. The number of benzene rings is 1. The van der Waals surface area contributed by atoms with Crippen molar-refractivity contribution >= 4 is 29.8 Å². The third-order valence-corrected chi connectivity index (χ3v) is 12.3. The number of carbonyl (C=O) groups is 5. The Hall–Kier alpha value is -3.89.